The fourth-order valence-electron chi connectivity index (χ4n) is 1.66. The van der Waals surface area contributed by atoms with Crippen LogP contribution in [0.25, 0.3) is 0 Å². The fourth-order valence-corrected chi connectivity index (χ4v) is 2.44. The van der Waals surface area contributed by atoms with Crippen molar-refractivity contribution >= 4 is 23.2 Å². The predicted octanol–water partition coefficient (Wildman–Crippen LogP) is 1.47. The van der Waals surface area contributed by atoms with E-state index in [4.69, 9.17) is 4.74 Å². The van der Waals surface area contributed by atoms with Crippen LogP contribution in [0.4, 0.5) is 0 Å². The summed E-state index contributed by atoms with van der Waals surface area (Å²) in [5.41, 5.74) is 0. The van der Waals surface area contributed by atoms with Gasteiger partial charge in [-0.15, -0.1) is 11.3 Å². The molecule has 1 heterocycles. The lowest BCUT2D eigenvalue weighted by Crippen LogP contribution is -2.32. The molecule has 0 bridgehead atoms. The van der Waals surface area contributed by atoms with Crippen LogP contribution in [0.3, 0.4) is 0 Å². The first kappa shape index (κ1) is 15.7. The molecular formula is C13H20N2O3S. The van der Waals surface area contributed by atoms with Gasteiger partial charge < -0.3 is 15.4 Å². The van der Waals surface area contributed by atoms with E-state index in [2.05, 4.69) is 10.6 Å². The minimum atomic E-state index is -0.250. The summed E-state index contributed by atoms with van der Waals surface area (Å²) in [6, 6.07) is 3.58. The molecule has 0 aliphatic carbocycles. The smallest absolute Gasteiger partial charge is 0.222 e. The zero-order valence-corrected chi connectivity index (χ0v) is 12.1. The van der Waals surface area contributed by atoms with E-state index in [-0.39, 0.29) is 24.3 Å². The van der Waals surface area contributed by atoms with E-state index in [0.29, 0.717) is 13.2 Å². The van der Waals surface area contributed by atoms with Crippen LogP contribution in [-0.4, -0.2) is 32.1 Å². The molecule has 0 spiro atoms. The third-order valence-electron chi connectivity index (χ3n) is 2.50. The first-order valence-electron chi connectivity index (χ1n) is 6.19. The van der Waals surface area contributed by atoms with Crippen molar-refractivity contribution in [2.24, 2.45) is 0 Å². The molecule has 0 saturated carbocycles. The van der Waals surface area contributed by atoms with E-state index in [9.17, 15) is 9.59 Å². The zero-order valence-electron chi connectivity index (χ0n) is 11.3. The van der Waals surface area contributed by atoms with Gasteiger partial charge in [0.2, 0.25) is 11.8 Å². The zero-order chi connectivity index (χ0) is 14.1. The van der Waals surface area contributed by atoms with Crippen LogP contribution in [0, 0.1) is 0 Å². The average molecular weight is 284 g/mol. The van der Waals surface area contributed by atoms with Crippen LogP contribution >= 0.6 is 11.3 Å². The molecule has 1 aromatic heterocycles. The topological polar surface area (TPSA) is 67.4 Å². The lowest BCUT2D eigenvalue weighted by Gasteiger charge is -2.16. The molecule has 0 fully saturated rings. The van der Waals surface area contributed by atoms with Gasteiger partial charge >= 0.3 is 0 Å². The Bertz CT molecular complexity index is 393. The molecule has 2 amide bonds. The van der Waals surface area contributed by atoms with Gasteiger partial charge in [-0.3, -0.25) is 9.59 Å². The molecule has 106 valence electrons. The van der Waals surface area contributed by atoms with Gasteiger partial charge in [0.1, 0.15) is 0 Å². The van der Waals surface area contributed by atoms with Crippen molar-refractivity contribution in [1.29, 1.82) is 0 Å². The summed E-state index contributed by atoms with van der Waals surface area (Å²) in [6.45, 7) is 2.67. The molecule has 5 nitrogen and oxygen atoms in total. The van der Waals surface area contributed by atoms with E-state index in [1.54, 1.807) is 7.11 Å². The van der Waals surface area contributed by atoms with Crippen LogP contribution in [0.15, 0.2) is 17.5 Å². The average Bonchev–Trinajstić information content (AvgIpc) is 2.87. The van der Waals surface area contributed by atoms with Crippen LogP contribution < -0.4 is 10.6 Å². The number of carbonyl (C=O) groups is 2. The quantitative estimate of drug-likeness (QED) is 0.710. The molecule has 0 unspecified atom stereocenters. The van der Waals surface area contributed by atoms with Crippen LogP contribution in [0.2, 0.25) is 0 Å². The number of amides is 2. The number of methoxy groups -OCH3 is 1. The highest BCUT2D eigenvalue weighted by Gasteiger charge is 2.17. The predicted molar refractivity (Wildman–Crippen MR) is 75.0 cm³/mol. The number of nitrogens with one attached hydrogen (secondary N) is 2. The molecule has 0 aliphatic heterocycles. The van der Waals surface area contributed by atoms with E-state index in [1.807, 2.05) is 17.5 Å². The van der Waals surface area contributed by atoms with Crippen LogP contribution in [-0.2, 0) is 14.3 Å². The molecule has 1 atom stereocenters. The summed E-state index contributed by atoms with van der Waals surface area (Å²) in [6.07, 6.45) is 1.04. The van der Waals surface area contributed by atoms with Gasteiger partial charge in [0.15, 0.2) is 0 Å². The Hall–Kier alpha value is -1.40. The molecular weight excluding hydrogens is 264 g/mol. The Morgan fingerprint density at radius 1 is 1.47 bits per heavy atom. The van der Waals surface area contributed by atoms with Crippen LogP contribution in [0.5, 0.6) is 0 Å². The van der Waals surface area contributed by atoms with Crippen molar-refractivity contribution in [3.63, 3.8) is 0 Å². The van der Waals surface area contributed by atoms with Crippen molar-refractivity contribution < 1.29 is 14.3 Å². The van der Waals surface area contributed by atoms with Crippen molar-refractivity contribution in [2.45, 2.75) is 25.8 Å². The number of ether oxygens (including phenoxy) is 1. The third-order valence-corrected chi connectivity index (χ3v) is 3.49. The minimum Gasteiger partial charge on any atom is -0.385 e. The Labute approximate surface area is 117 Å². The van der Waals surface area contributed by atoms with E-state index < -0.39 is 0 Å². The highest BCUT2D eigenvalue weighted by atomic mass is 32.1. The van der Waals surface area contributed by atoms with Gasteiger partial charge in [0.25, 0.3) is 0 Å². The van der Waals surface area contributed by atoms with Crippen molar-refractivity contribution in [2.75, 3.05) is 20.3 Å². The van der Waals surface area contributed by atoms with E-state index >= 15 is 0 Å². The second kappa shape index (κ2) is 8.66. The number of hydrogen-bond donors (Lipinski definition) is 2. The van der Waals surface area contributed by atoms with Gasteiger partial charge in [-0.05, 0) is 17.9 Å². The summed E-state index contributed by atoms with van der Waals surface area (Å²) >= 11 is 1.53. The molecule has 0 saturated heterocycles. The number of rotatable bonds is 8. The maximum absolute atomic E-state index is 11.8. The SMILES string of the molecule is COCCCNC(=O)C[C@H](NC(C)=O)c1cccs1. The summed E-state index contributed by atoms with van der Waals surface area (Å²) in [4.78, 5) is 24.0. The second-order valence-corrected chi connectivity index (χ2v) is 5.15. The van der Waals surface area contributed by atoms with Crippen molar-refractivity contribution in [3.05, 3.63) is 22.4 Å². The number of carbonyl (C=O) groups excluding carboxylic acids is 2. The van der Waals surface area contributed by atoms with Crippen molar-refractivity contribution in [3.8, 4) is 0 Å². The normalized spacial score (nSPS) is 11.9. The number of hydrogen-bond acceptors (Lipinski definition) is 4. The monoisotopic (exact) mass is 284 g/mol. The Balaban J connectivity index is 2.44. The first-order valence-corrected chi connectivity index (χ1v) is 7.07. The maximum Gasteiger partial charge on any atom is 0.222 e. The summed E-state index contributed by atoms with van der Waals surface area (Å²) in [7, 11) is 1.63. The molecule has 0 aliphatic rings. The molecule has 0 aromatic carbocycles. The maximum atomic E-state index is 11.8. The second-order valence-electron chi connectivity index (χ2n) is 4.17. The van der Waals surface area contributed by atoms with Crippen molar-refractivity contribution in [1.82, 2.24) is 10.6 Å². The Morgan fingerprint density at radius 2 is 2.26 bits per heavy atom. The summed E-state index contributed by atoms with van der Waals surface area (Å²) in [5.74, 6) is -0.200. The van der Waals surface area contributed by atoms with Gasteiger partial charge in [-0.2, -0.15) is 0 Å². The van der Waals surface area contributed by atoms with Gasteiger partial charge in [-0.25, -0.2) is 0 Å². The van der Waals surface area contributed by atoms with Crippen LogP contribution in [0.1, 0.15) is 30.7 Å². The number of thiophene rings is 1. The lowest BCUT2D eigenvalue weighted by molar-refractivity contribution is -0.122. The molecule has 0 radical (unpaired) electrons. The van der Waals surface area contributed by atoms with Gasteiger partial charge in [0, 0.05) is 32.1 Å². The molecule has 1 aromatic rings. The van der Waals surface area contributed by atoms with E-state index in [1.165, 1.54) is 18.3 Å². The third kappa shape index (κ3) is 6.35. The standard InChI is InChI=1S/C13H20N2O3S/c1-10(16)15-11(12-5-3-8-19-12)9-13(17)14-6-4-7-18-2/h3,5,8,11H,4,6-7,9H2,1-2H3,(H,14,17)(H,15,16)/t11-/m0/s1. The fraction of sp³-hybridized carbons (Fsp3) is 0.538. The first-order chi connectivity index (χ1) is 9.13. The minimum absolute atomic E-state index is 0.0664. The van der Waals surface area contributed by atoms with Gasteiger partial charge in [-0.1, -0.05) is 6.07 Å². The highest BCUT2D eigenvalue weighted by Crippen LogP contribution is 2.21. The van der Waals surface area contributed by atoms with E-state index in [0.717, 1.165) is 11.3 Å². The summed E-state index contributed by atoms with van der Waals surface area (Å²) in [5, 5.41) is 7.55. The molecule has 19 heavy (non-hydrogen) atoms. The molecule has 1 rings (SSSR count). The molecule has 2 N–H and O–H groups in total. The Morgan fingerprint density at radius 3 is 2.84 bits per heavy atom. The van der Waals surface area contributed by atoms with Gasteiger partial charge in [0.05, 0.1) is 12.5 Å². The lowest BCUT2D eigenvalue weighted by atomic mass is 10.1. The Kier molecular flexibility index (Phi) is 7.14. The largest absolute Gasteiger partial charge is 0.385 e. The molecule has 6 heteroatoms. The summed E-state index contributed by atoms with van der Waals surface area (Å²) < 4.78 is 4.91. The highest BCUT2D eigenvalue weighted by molar-refractivity contribution is 7.10.